The topological polar surface area (TPSA) is 74.8 Å². The zero-order valence-corrected chi connectivity index (χ0v) is 16.2. The molecule has 0 aliphatic carbocycles. The molecule has 3 rings (SSSR count). The minimum atomic E-state index is -3.53. The van der Waals surface area contributed by atoms with Gasteiger partial charge in [0.25, 0.3) is 0 Å². The van der Waals surface area contributed by atoms with Gasteiger partial charge in [-0.25, -0.2) is 16.8 Å². The number of piperidine rings is 1. The Hall–Kier alpha value is -1.12. The van der Waals surface area contributed by atoms with Crippen molar-refractivity contribution in [2.45, 2.75) is 56.4 Å². The molecule has 0 radical (unpaired) electrons. The van der Waals surface area contributed by atoms with Crippen LogP contribution in [0.4, 0.5) is 5.69 Å². The second-order valence-corrected chi connectivity index (χ2v) is 10.7. The Labute approximate surface area is 150 Å². The van der Waals surface area contributed by atoms with Crippen LogP contribution in [0.1, 0.15) is 45.4 Å². The van der Waals surface area contributed by atoms with Crippen molar-refractivity contribution in [1.29, 1.82) is 0 Å². The summed E-state index contributed by atoms with van der Waals surface area (Å²) in [4.78, 5) is 0.242. The predicted molar refractivity (Wildman–Crippen MR) is 98.6 cm³/mol. The van der Waals surface area contributed by atoms with Crippen molar-refractivity contribution in [3.8, 4) is 0 Å². The lowest BCUT2D eigenvalue weighted by Crippen LogP contribution is -2.43. The second kappa shape index (κ2) is 7.25. The molecule has 2 aliphatic heterocycles. The van der Waals surface area contributed by atoms with Crippen molar-refractivity contribution < 1.29 is 16.8 Å². The van der Waals surface area contributed by atoms with E-state index in [1.54, 1.807) is 16.4 Å². The van der Waals surface area contributed by atoms with Crippen LogP contribution in [-0.4, -0.2) is 46.0 Å². The van der Waals surface area contributed by atoms with Crippen LogP contribution in [0.5, 0.6) is 0 Å². The average Bonchev–Trinajstić information content (AvgIpc) is 2.61. The van der Waals surface area contributed by atoms with Gasteiger partial charge in [0.05, 0.1) is 16.3 Å². The van der Waals surface area contributed by atoms with E-state index in [4.69, 9.17) is 0 Å². The Morgan fingerprint density at radius 2 is 1.72 bits per heavy atom. The molecule has 2 heterocycles. The lowest BCUT2D eigenvalue weighted by molar-refractivity contribution is 0.246. The van der Waals surface area contributed by atoms with E-state index in [2.05, 4.69) is 0 Å². The minimum absolute atomic E-state index is 0.0564. The van der Waals surface area contributed by atoms with Crippen molar-refractivity contribution in [2.75, 3.05) is 23.1 Å². The lowest BCUT2D eigenvalue weighted by atomic mass is 10.0. The zero-order valence-electron chi connectivity index (χ0n) is 14.6. The molecule has 8 heteroatoms. The fourth-order valence-electron chi connectivity index (χ4n) is 3.70. The average molecular weight is 387 g/mol. The van der Waals surface area contributed by atoms with E-state index < -0.39 is 20.0 Å². The van der Waals surface area contributed by atoms with Gasteiger partial charge < -0.3 is 0 Å². The summed E-state index contributed by atoms with van der Waals surface area (Å²) in [7, 11) is -6.82. The van der Waals surface area contributed by atoms with Crippen LogP contribution < -0.4 is 4.31 Å². The maximum atomic E-state index is 13.0. The maximum Gasteiger partial charge on any atom is 0.243 e. The summed E-state index contributed by atoms with van der Waals surface area (Å²) in [6.07, 6.45) is 5.17. The number of hydrogen-bond acceptors (Lipinski definition) is 4. The molecule has 1 aromatic carbocycles. The molecule has 25 heavy (non-hydrogen) atoms. The van der Waals surface area contributed by atoms with Gasteiger partial charge in [0.2, 0.25) is 20.0 Å². The van der Waals surface area contributed by atoms with Crippen LogP contribution >= 0.6 is 0 Å². The SMILES string of the molecule is CC[C@H]1CCCCN1S(=O)(=O)c1ccc(N2CCCCS2(=O)=O)cc1. The van der Waals surface area contributed by atoms with Crippen LogP contribution in [0.3, 0.4) is 0 Å². The third kappa shape index (κ3) is 3.71. The predicted octanol–water partition coefficient (Wildman–Crippen LogP) is 2.57. The summed E-state index contributed by atoms with van der Waals surface area (Å²) in [5.74, 6) is 0.152. The Balaban J connectivity index is 1.86. The van der Waals surface area contributed by atoms with E-state index in [0.29, 0.717) is 25.2 Å². The van der Waals surface area contributed by atoms with Crippen LogP contribution in [0, 0.1) is 0 Å². The summed E-state index contributed by atoms with van der Waals surface area (Å²) >= 11 is 0. The van der Waals surface area contributed by atoms with E-state index in [1.165, 1.54) is 16.4 Å². The monoisotopic (exact) mass is 386 g/mol. The fraction of sp³-hybridized carbons (Fsp3) is 0.647. The molecule has 0 amide bonds. The van der Waals surface area contributed by atoms with E-state index in [0.717, 1.165) is 32.1 Å². The van der Waals surface area contributed by atoms with Crippen molar-refractivity contribution in [2.24, 2.45) is 0 Å². The first-order valence-corrected chi connectivity index (χ1v) is 12.0. The van der Waals surface area contributed by atoms with Gasteiger partial charge in [-0.3, -0.25) is 4.31 Å². The number of anilines is 1. The number of benzene rings is 1. The molecule has 6 nitrogen and oxygen atoms in total. The molecule has 0 aromatic heterocycles. The van der Waals surface area contributed by atoms with Gasteiger partial charge in [0.1, 0.15) is 0 Å². The third-order valence-electron chi connectivity index (χ3n) is 5.12. The van der Waals surface area contributed by atoms with Crippen LogP contribution in [0.15, 0.2) is 29.2 Å². The van der Waals surface area contributed by atoms with Crippen molar-refractivity contribution in [1.82, 2.24) is 4.31 Å². The highest BCUT2D eigenvalue weighted by atomic mass is 32.2. The van der Waals surface area contributed by atoms with Gasteiger partial charge in [-0.15, -0.1) is 0 Å². The normalized spacial score (nSPS) is 25.0. The largest absolute Gasteiger partial charge is 0.270 e. The van der Waals surface area contributed by atoms with Crippen molar-refractivity contribution >= 4 is 25.7 Å². The van der Waals surface area contributed by atoms with Gasteiger partial charge in [-0.05, 0) is 56.4 Å². The number of rotatable bonds is 4. The van der Waals surface area contributed by atoms with E-state index in [9.17, 15) is 16.8 Å². The first kappa shape index (κ1) is 18.7. The molecule has 2 aliphatic rings. The maximum absolute atomic E-state index is 13.0. The van der Waals surface area contributed by atoms with Gasteiger partial charge >= 0.3 is 0 Å². The first-order chi connectivity index (χ1) is 11.9. The molecule has 0 bridgehead atoms. The molecule has 1 atom stereocenters. The molecular weight excluding hydrogens is 360 g/mol. The Bertz CT molecular complexity index is 804. The van der Waals surface area contributed by atoms with Crippen molar-refractivity contribution in [3.63, 3.8) is 0 Å². The molecule has 0 unspecified atom stereocenters. The highest BCUT2D eigenvalue weighted by molar-refractivity contribution is 7.92. The van der Waals surface area contributed by atoms with Crippen LogP contribution in [-0.2, 0) is 20.0 Å². The Morgan fingerprint density at radius 3 is 2.36 bits per heavy atom. The highest BCUT2D eigenvalue weighted by Crippen LogP contribution is 2.29. The Morgan fingerprint density at radius 1 is 1.04 bits per heavy atom. The van der Waals surface area contributed by atoms with E-state index in [-0.39, 0.29) is 16.7 Å². The summed E-state index contributed by atoms with van der Waals surface area (Å²) in [6.45, 7) is 3.03. The second-order valence-electron chi connectivity index (χ2n) is 6.76. The summed E-state index contributed by atoms with van der Waals surface area (Å²) in [5, 5.41) is 0. The molecule has 2 fully saturated rings. The van der Waals surface area contributed by atoms with Gasteiger partial charge in [-0.2, -0.15) is 4.31 Å². The van der Waals surface area contributed by atoms with E-state index >= 15 is 0 Å². The number of hydrogen-bond donors (Lipinski definition) is 0. The summed E-state index contributed by atoms with van der Waals surface area (Å²) in [6, 6.07) is 6.36. The lowest BCUT2D eigenvalue weighted by Gasteiger charge is -2.34. The number of nitrogens with zero attached hydrogens (tertiary/aromatic N) is 2. The third-order valence-corrected chi connectivity index (χ3v) is 8.96. The summed E-state index contributed by atoms with van der Waals surface area (Å²) < 4.78 is 53.3. The van der Waals surface area contributed by atoms with Crippen LogP contribution in [0.25, 0.3) is 0 Å². The fourth-order valence-corrected chi connectivity index (χ4v) is 7.10. The zero-order chi connectivity index (χ0) is 18.1. The van der Waals surface area contributed by atoms with Crippen molar-refractivity contribution in [3.05, 3.63) is 24.3 Å². The molecule has 140 valence electrons. The molecule has 0 spiro atoms. The van der Waals surface area contributed by atoms with Gasteiger partial charge in [0, 0.05) is 19.1 Å². The molecule has 1 aromatic rings. The van der Waals surface area contributed by atoms with E-state index in [1.807, 2.05) is 6.92 Å². The summed E-state index contributed by atoms with van der Waals surface area (Å²) in [5.41, 5.74) is 0.546. The highest BCUT2D eigenvalue weighted by Gasteiger charge is 2.33. The standard InChI is InChI=1S/C17H26N2O4S2/c1-2-15-7-3-4-13-19(15)25(22,23)17-10-8-16(9-11-17)18-12-5-6-14-24(18,20)21/h8-11,15H,2-7,12-14H2,1H3/t15-/m0/s1. The number of sulfonamides is 2. The molecule has 0 saturated carbocycles. The first-order valence-electron chi connectivity index (χ1n) is 8.98. The van der Waals surface area contributed by atoms with Crippen LogP contribution in [0.2, 0.25) is 0 Å². The molecule has 2 saturated heterocycles. The smallest absolute Gasteiger partial charge is 0.243 e. The molecular formula is C17H26N2O4S2. The minimum Gasteiger partial charge on any atom is -0.270 e. The van der Waals surface area contributed by atoms with Gasteiger partial charge in [0.15, 0.2) is 0 Å². The Kier molecular flexibility index (Phi) is 5.41. The molecule has 0 N–H and O–H groups in total. The quantitative estimate of drug-likeness (QED) is 0.797. The van der Waals surface area contributed by atoms with Gasteiger partial charge in [-0.1, -0.05) is 13.3 Å².